The highest BCUT2D eigenvalue weighted by molar-refractivity contribution is 5.66. The first-order valence-corrected chi connectivity index (χ1v) is 12.6. The van der Waals surface area contributed by atoms with Crippen molar-refractivity contribution in [3.8, 4) is 0 Å². The summed E-state index contributed by atoms with van der Waals surface area (Å²) in [5, 5.41) is 23.9. The third-order valence-electron chi connectivity index (χ3n) is 10.5. The van der Waals surface area contributed by atoms with Gasteiger partial charge in [-0.25, -0.2) is 0 Å². The van der Waals surface area contributed by atoms with Crippen LogP contribution in [0.5, 0.6) is 0 Å². The third-order valence-corrected chi connectivity index (χ3v) is 10.5. The quantitative estimate of drug-likeness (QED) is 0.555. The summed E-state index contributed by atoms with van der Waals surface area (Å²) in [7, 11) is 2.25. The van der Waals surface area contributed by atoms with Gasteiger partial charge in [0.15, 0.2) is 6.23 Å². The zero-order valence-corrected chi connectivity index (χ0v) is 18.9. The number of anilines is 1. The van der Waals surface area contributed by atoms with Crippen molar-refractivity contribution in [3.05, 3.63) is 29.8 Å². The number of para-hydroxylation sites is 1. The molecule has 5 fully saturated rings. The molecule has 0 aromatic heterocycles. The molecule has 5 aliphatic heterocycles. The molecule has 1 spiro atoms. The second kappa shape index (κ2) is 6.46. The van der Waals surface area contributed by atoms with E-state index < -0.39 is 0 Å². The van der Waals surface area contributed by atoms with Crippen LogP contribution in [0.2, 0.25) is 0 Å². The predicted octanol–water partition coefficient (Wildman–Crippen LogP) is 3.65. The van der Waals surface area contributed by atoms with Gasteiger partial charge in [0, 0.05) is 37.4 Å². The number of rotatable bonds is 6. The number of likely N-dealkylation sites (N-methyl/N-ethyl adjacent to an activating group) is 1. The molecule has 4 nitrogen and oxygen atoms in total. The maximum absolute atomic E-state index is 12.0. The molecule has 0 amide bonds. The van der Waals surface area contributed by atoms with E-state index in [2.05, 4.69) is 50.1 Å². The number of hydrogen-bond acceptors (Lipinski definition) is 3. The first kappa shape index (κ1) is 19.6. The van der Waals surface area contributed by atoms with Crippen LogP contribution >= 0.6 is 0 Å². The van der Waals surface area contributed by atoms with Crippen LogP contribution in [0.1, 0.15) is 64.4 Å². The summed E-state index contributed by atoms with van der Waals surface area (Å²) in [6, 6.07) is 10.0. The monoisotopic (exact) mass is 411 g/mol. The Balaban J connectivity index is 1.50. The van der Waals surface area contributed by atoms with Crippen LogP contribution in [0.4, 0.5) is 5.69 Å². The predicted molar refractivity (Wildman–Crippen MR) is 119 cm³/mol. The number of aliphatic hydroxyl groups is 2. The van der Waals surface area contributed by atoms with E-state index in [1.807, 2.05) is 0 Å². The fourth-order valence-corrected chi connectivity index (χ4v) is 9.65. The molecule has 1 aromatic carbocycles. The summed E-state index contributed by atoms with van der Waals surface area (Å²) >= 11 is 0. The van der Waals surface area contributed by atoms with Crippen LogP contribution in [0.15, 0.2) is 24.3 Å². The lowest BCUT2D eigenvalue weighted by Crippen LogP contribution is -2.83. The van der Waals surface area contributed by atoms with Gasteiger partial charge in [0.1, 0.15) is 6.04 Å². The lowest BCUT2D eigenvalue weighted by molar-refractivity contribution is -1.04. The van der Waals surface area contributed by atoms with E-state index in [9.17, 15) is 10.2 Å². The van der Waals surface area contributed by atoms with E-state index >= 15 is 0 Å². The van der Waals surface area contributed by atoms with Crippen molar-refractivity contribution < 1.29 is 14.7 Å². The highest BCUT2D eigenvalue weighted by atomic mass is 16.3. The van der Waals surface area contributed by atoms with Gasteiger partial charge >= 0.3 is 0 Å². The van der Waals surface area contributed by atoms with Crippen molar-refractivity contribution >= 4 is 5.69 Å². The molecule has 7 rings (SSSR count). The lowest BCUT2D eigenvalue weighted by atomic mass is 9.60. The molecule has 1 aliphatic carbocycles. The molecule has 2 N–H and O–H groups in total. The molecular weight excluding hydrogens is 372 g/mol. The number of nitrogens with zero attached hydrogens (tertiary/aromatic N) is 2. The number of unbranched alkanes of at least 4 members (excludes halogenated alkanes) is 3. The molecule has 0 unspecified atom stereocenters. The summed E-state index contributed by atoms with van der Waals surface area (Å²) in [5.74, 6) is 1.18. The van der Waals surface area contributed by atoms with Gasteiger partial charge in [-0.05, 0) is 36.8 Å². The smallest absolute Gasteiger partial charge is 0.194 e. The average molecular weight is 412 g/mol. The van der Waals surface area contributed by atoms with Crippen LogP contribution in [0.25, 0.3) is 0 Å². The van der Waals surface area contributed by atoms with Crippen LogP contribution < -0.4 is 4.90 Å². The minimum Gasteiger partial charge on any atom is -0.392 e. The number of piperidine rings is 4. The maximum atomic E-state index is 12.0. The molecule has 6 aliphatic rings. The summed E-state index contributed by atoms with van der Waals surface area (Å²) in [6.07, 6.45) is 7.77. The number of benzene rings is 1. The van der Waals surface area contributed by atoms with Gasteiger partial charge in [0.25, 0.3) is 0 Å². The molecule has 4 heteroatoms. The molecule has 1 saturated carbocycles. The van der Waals surface area contributed by atoms with Gasteiger partial charge in [0.2, 0.25) is 0 Å². The van der Waals surface area contributed by atoms with E-state index in [0.29, 0.717) is 35.9 Å². The summed E-state index contributed by atoms with van der Waals surface area (Å²) < 4.78 is 0.894. The topological polar surface area (TPSA) is 43.7 Å². The Morgan fingerprint density at radius 3 is 2.67 bits per heavy atom. The van der Waals surface area contributed by atoms with Crippen molar-refractivity contribution in [1.29, 1.82) is 0 Å². The number of quaternary nitrogens is 1. The van der Waals surface area contributed by atoms with Crippen molar-refractivity contribution in [2.75, 3.05) is 18.5 Å². The standard InChI is InChI=1S/C26H39N2O2/c1-4-6-7-10-13-28-20-14-17(16(5-2)25(28)30)22-21(28)15-26(24(22)29)18-11-8-9-12-19(18)27(3)23(20)26/h8-9,11-12,16-17,20-25,29-30H,4-7,10,13-15H2,1-3H3/q+1/t16-,17+,20-,21-,22+,23-,24-,25+,26+,28-/m0/s1. The van der Waals surface area contributed by atoms with Crippen LogP contribution in [-0.4, -0.2) is 58.7 Å². The largest absolute Gasteiger partial charge is 0.392 e. The van der Waals surface area contributed by atoms with Crippen LogP contribution in [-0.2, 0) is 5.41 Å². The number of hydrogen-bond donors (Lipinski definition) is 2. The summed E-state index contributed by atoms with van der Waals surface area (Å²) in [6.45, 7) is 5.62. The van der Waals surface area contributed by atoms with Gasteiger partial charge in [-0.3, -0.25) is 4.48 Å². The molecule has 1 aromatic rings. The molecule has 5 bridgehead atoms. The molecule has 164 valence electrons. The highest BCUT2D eigenvalue weighted by Gasteiger charge is 2.82. The fraction of sp³-hybridized carbons (Fsp3) is 0.769. The van der Waals surface area contributed by atoms with Crippen molar-refractivity contribution in [1.82, 2.24) is 0 Å². The van der Waals surface area contributed by atoms with Crippen molar-refractivity contribution in [2.24, 2.45) is 17.8 Å². The second-order valence-corrected chi connectivity index (χ2v) is 11.1. The van der Waals surface area contributed by atoms with E-state index in [1.54, 1.807) is 0 Å². The minimum absolute atomic E-state index is 0.131. The molecule has 10 atom stereocenters. The Morgan fingerprint density at radius 1 is 1.10 bits per heavy atom. The van der Waals surface area contributed by atoms with Crippen molar-refractivity contribution in [2.45, 2.75) is 94.7 Å². The lowest BCUT2D eigenvalue weighted by Gasteiger charge is -2.68. The number of aliphatic hydroxyl groups excluding tert-OH is 2. The first-order chi connectivity index (χ1) is 14.5. The SMILES string of the molecule is CCCCCC[N@+]12[C@H](O)[C@@H](CC)[C@H]3C[C@H]1[C@@H]1N(C)c4ccccc4[C@]14C[C@H]2[C@@H]3[C@@H]4O. The zero-order valence-electron chi connectivity index (χ0n) is 18.9. The molecule has 4 saturated heterocycles. The van der Waals surface area contributed by atoms with Gasteiger partial charge < -0.3 is 15.1 Å². The maximum Gasteiger partial charge on any atom is 0.194 e. The van der Waals surface area contributed by atoms with Gasteiger partial charge in [0.05, 0.1) is 30.1 Å². The molecule has 0 radical (unpaired) electrons. The van der Waals surface area contributed by atoms with E-state index in [1.165, 1.54) is 43.4 Å². The Kier molecular flexibility index (Phi) is 4.22. The molecule has 30 heavy (non-hydrogen) atoms. The molecule has 5 heterocycles. The summed E-state index contributed by atoms with van der Waals surface area (Å²) in [5.41, 5.74) is 2.57. The Hall–Kier alpha value is -1.10. The summed E-state index contributed by atoms with van der Waals surface area (Å²) in [4.78, 5) is 2.50. The van der Waals surface area contributed by atoms with Crippen LogP contribution in [0.3, 0.4) is 0 Å². The van der Waals surface area contributed by atoms with Gasteiger partial charge in [-0.1, -0.05) is 44.9 Å². The van der Waals surface area contributed by atoms with E-state index in [0.717, 1.165) is 23.9 Å². The zero-order chi connectivity index (χ0) is 20.8. The minimum atomic E-state index is -0.272. The Labute approximate surface area is 181 Å². The Morgan fingerprint density at radius 2 is 1.90 bits per heavy atom. The van der Waals surface area contributed by atoms with E-state index in [-0.39, 0.29) is 17.7 Å². The van der Waals surface area contributed by atoms with Gasteiger partial charge in [-0.15, -0.1) is 0 Å². The third kappa shape index (κ3) is 1.96. The second-order valence-electron chi connectivity index (χ2n) is 11.1. The van der Waals surface area contributed by atoms with Gasteiger partial charge in [-0.2, -0.15) is 0 Å². The fourth-order valence-electron chi connectivity index (χ4n) is 9.65. The molecular formula is C26H39N2O2+. The first-order valence-electron chi connectivity index (χ1n) is 12.6. The number of fused-ring (bicyclic) bond motifs is 2. The average Bonchev–Trinajstić information content (AvgIpc) is 3.14. The van der Waals surface area contributed by atoms with Crippen molar-refractivity contribution in [3.63, 3.8) is 0 Å². The van der Waals surface area contributed by atoms with Crippen LogP contribution in [0, 0.1) is 17.8 Å². The normalized spacial score (nSPS) is 49.6. The highest BCUT2D eigenvalue weighted by Crippen LogP contribution is 2.71. The Bertz CT molecular complexity index is 844. The van der Waals surface area contributed by atoms with E-state index in [4.69, 9.17) is 0 Å².